The number of aryl methyl sites for hydroxylation is 1. The molecule has 32 heavy (non-hydrogen) atoms. The van der Waals surface area contributed by atoms with Gasteiger partial charge in [-0.15, -0.1) is 0 Å². The van der Waals surface area contributed by atoms with Crippen LogP contribution in [0.2, 0.25) is 0 Å². The molecule has 2 fully saturated rings. The molecule has 2 aromatic rings. The summed E-state index contributed by atoms with van der Waals surface area (Å²) in [5.41, 5.74) is -4.03. The normalized spacial score (nSPS) is 27.7. The molecule has 0 aliphatic carbocycles. The van der Waals surface area contributed by atoms with E-state index < -0.39 is 76.7 Å². The summed E-state index contributed by atoms with van der Waals surface area (Å²) in [6.07, 6.45) is -12.2. The molecule has 0 unspecified atom stereocenters. The van der Waals surface area contributed by atoms with Crippen LogP contribution >= 0.6 is 0 Å². The van der Waals surface area contributed by atoms with E-state index in [1.165, 1.54) is 7.05 Å². The number of hydrogen-bond acceptors (Lipinski definition) is 4. The molecule has 3 heterocycles. The zero-order valence-electron chi connectivity index (χ0n) is 16.2. The van der Waals surface area contributed by atoms with E-state index in [2.05, 4.69) is 5.10 Å². The average Bonchev–Trinajstić information content (AvgIpc) is 3.33. The molecular formula is C19H16F7N3O3. The van der Waals surface area contributed by atoms with Crippen molar-refractivity contribution in [2.45, 2.75) is 43.0 Å². The summed E-state index contributed by atoms with van der Waals surface area (Å²) in [7, 11) is 1.25. The quantitative estimate of drug-likeness (QED) is 0.679. The van der Waals surface area contributed by atoms with Crippen LogP contribution in [-0.2, 0) is 28.9 Å². The zero-order valence-corrected chi connectivity index (χ0v) is 16.2. The lowest BCUT2D eigenvalue weighted by atomic mass is 9.73. The number of amides is 1. The maximum Gasteiger partial charge on any atom is 0.435 e. The predicted molar refractivity (Wildman–Crippen MR) is 93.8 cm³/mol. The Hall–Kier alpha value is -2.67. The SMILES string of the molecule is Cn1cc([C@H]2[C@H]3O[C@H](C[C@@H]3O)[C@@H]2C(=O)Nc2cccc(C(F)(F)F)c2F)c(C(F)(F)F)n1. The second-order valence-corrected chi connectivity index (χ2v) is 7.75. The first-order valence-corrected chi connectivity index (χ1v) is 9.40. The van der Waals surface area contributed by atoms with Gasteiger partial charge in [-0.05, 0) is 12.1 Å². The Kier molecular flexibility index (Phi) is 5.24. The fourth-order valence-corrected chi connectivity index (χ4v) is 4.45. The highest BCUT2D eigenvalue weighted by molar-refractivity contribution is 5.94. The molecular weight excluding hydrogens is 451 g/mol. The molecule has 2 saturated heterocycles. The van der Waals surface area contributed by atoms with Crippen LogP contribution in [0.5, 0.6) is 0 Å². The molecule has 0 radical (unpaired) electrons. The summed E-state index contributed by atoms with van der Waals surface area (Å²) >= 11 is 0. The molecule has 2 bridgehead atoms. The molecule has 2 aliphatic heterocycles. The number of nitrogens with zero attached hydrogens (tertiary/aromatic N) is 2. The van der Waals surface area contributed by atoms with Gasteiger partial charge >= 0.3 is 12.4 Å². The molecule has 1 aromatic carbocycles. The number of halogens is 7. The van der Waals surface area contributed by atoms with Crippen LogP contribution in [0.4, 0.5) is 36.4 Å². The highest BCUT2D eigenvalue weighted by atomic mass is 19.4. The fraction of sp³-hybridized carbons (Fsp3) is 0.474. The van der Waals surface area contributed by atoms with Gasteiger partial charge in [-0.25, -0.2) is 4.39 Å². The minimum absolute atomic E-state index is 0.0636. The predicted octanol–water partition coefficient (Wildman–Crippen LogP) is 3.47. The van der Waals surface area contributed by atoms with Crippen molar-refractivity contribution in [3.63, 3.8) is 0 Å². The molecule has 174 valence electrons. The number of rotatable bonds is 3. The number of alkyl halides is 6. The van der Waals surface area contributed by atoms with Crippen molar-refractivity contribution in [2.24, 2.45) is 13.0 Å². The monoisotopic (exact) mass is 467 g/mol. The number of hydrogen-bond donors (Lipinski definition) is 2. The summed E-state index contributed by atoms with van der Waals surface area (Å²) in [6.45, 7) is 0. The van der Waals surface area contributed by atoms with E-state index in [0.29, 0.717) is 6.07 Å². The van der Waals surface area contributed by atoms with E-state index in [4.69, 9.17) is 4.74 Å². The zero-order chi connectivity index (χ0) is 23.6. The second-order valence-electron chi connectivity index (χ2n) is 7.75. The molecule has 0 spiro atoms. The molecule has 4 rings (SSSR count). The molecule has 6 nitrogen and oxygen atoms in total. The first-order chi connectivity index (χ1) is 14.8. The third kappa shape index (κ3) is 3.72. The Bertz CT molecular complexity index is 1050. The average molecular weight is 467 g/mol. The number of fused-ring (bicyclic) bond motifs is 2. The maximum absolute atomic E-state index is 14.3. The molecule has 2 N–H and O–H groups in total. The van der Waals surface area contributed by atoms with Crippen LogP contribution in [0.1, 0.15) is 29.2 Å². The standard InChI is InChI=1S/C19H16F7N3O3/c1-29-6-7(16(28-29)19(24,25)26)12-13(11-5-10(30)15(12)32-11)17(31)27-9-4-2-3-8(14(9)20)18(21,22)23/h2-4,6,10-13,15,30H,5H2,1H3,(H,27,31)/t10-,11+,12+,13-,15-/m0/s1. The molecule has 1 aromatic heterocycles. The largest absolute Gasteiger partial charge is 0.435 e. The Labute approximate surface area is 176 Å². The minimum Gasteiger partial charge on any atom is -0.390 e. The molecule has 2 aliphatic rings. The van der Waals surface area contributed by atoms with Gasteiger partial charge in [0.1, 0.15) is 0 Å². The van der Waals surface area contributed by atoms with E-state index in [1.54, 1.807) is 0 Å². The second kappa shape index (κ2) is 7.44. The van der Waals surface area contributed by atoms with Crippen molar-refractivity contribution in [2.75, 3.05) is 5.32 Å². The summed E-state index contributed by atoms with van der Waals surface area (Å²) in [6, 6.07) is 2.30. The van der Waals surface area contributed by atoms with Crippen molar-refractivity contribution < 1.29 is 45.4 Å². The lowest BCUT2D eigenvalue weighted by Gasteiger charge is -2.30. The van der Waals surface area contributed by atoms with Crippen molar-refractivity contribution in [3.8, 4) is 0 Å². The number of ether oxygens (including phenoxy) is 1. The Morgan fingerprint density at radius 2 is 1.91 bits per heavy atom. The van der Waals surface area contributed by atoms with E-state index in [-0.39, 0.29) is 6.42 Å². The molecule has 5 atom stereocenters. The van der Waals surface area contributed by atoms with Gasteiger partial charge in [0.05, 0.1) is 35.5 Å². The van der Waals surface area contributed by atoms with E-state index in [9.17, 15) is 40.6 Å². The highest BCUT2D eigenvalue weighted by Gasteiger charge is 2.59. The molecule has 1 amide bonds. The summed E-state index contributed by atoms with van der Waals surface area (Å²) in [5.74, 6) is -5.35. The first-order valence-electron chi connectivity index (χ1n) is 9.40. The highest BCUT2D eigenvalue weighted by Crippen LogP contribution is 2.51. The van der Waals surface area contributed by atoms with E-state index in [1.807, 2.05) is 5.32 Å². The molecule has 13 heteroatoms. The Morgan fingerprint density at radius 1 is 1.22 bits per heavy atom. The number of nitrogens with one attached hydrogen (secondary N) is 1. The lowest BCUT2D eigenvalue weighted by Crippen LogP contribution is -2.41. The topological polar surface area (TPSA) is 76.4 Å². The van der Waals surface area contributed by atoms with Gasteiger partial charge in [0, 0.05) is 31.1 Å². The Morgan fingerprint density at radius 3 is 2.53 bits per heavy atom. The first kappa shape index (κ1) is 22.5. The lowest BCUT2D eigenvalue weighted by molar-refractivity contribution is -0.143. The summed E-state index contributed by atoms with van der Waals surface area (Å²) in [4.78, 5) is 12.9. The fourth-order valence-electron chi connectivity index (χ4n) is 4.45. The van der Waals surface area contributed by atoms with Crippen molar-refractivity contribution in [1.29, 1.82) is 0 Å². The molecule has 0 saturated carbocycles. The van der Waals surface area contributed by atoms with E-state index >= 15 is 0 Å². The van der Waals surface area contributed by atoms with Gasteiger partial charge in [0.15, 0.2) is 11.5 Å². The van der Waals surface area contributed by atoms with Crippen LogP contribution in [-0.4, -0.2) is 39.1 Å². The van der Waals surface area contributed by atoms with Gasteiger partial charge in [-0.1, -0.05) is 6.07 Å². The van der Waals surface area contributed by atoms with Crippen molar-refractivity contribution >= 4 is 11.6 Å². The van der Waals surface area contributed by atoms with Gasteiger partial charge in [0.25, 0.3) is 0 Å². The van der Waals surface area contributed by atoms with Crippen LogP contribution in [0.3, 0.4) is 0 Å². The van der Waals surface area contributed by atoms with Crippen LogP contribution in [0, 0.1) is 11.7 Å². The number of carbonyl (C=O) groups excluding carboxylic acids is 1. The summed E-state index contributed by atoms with van der Waals surface area (Å²) in [5, 5.41) is 15.6. The number of benzene rings is 1. The smallest absolute Gasteiger partial charge is 0.390 e. The van der Waals surface area contributed by atoms with Crippen molar-refractivity contribution in [3.05, 3.63) is 47.0 Å². The van der Waals surface area contributed by atoms with Crippen molar-refractivity contribution in [1.82, 2.24) is 9.78 Å². The van der Waals surface area contributed by atoms with Crippen LogP contribution in [0.15, 0.2) is 24.4 Å². The third-order valence-electron chi connectivity index (χ3n) is 5.68. The minimum atomic E-state index is -5.01. The van der Waals surface area contributed by atoms with Gasteiger partial charge in [-0.2, -0.15) is 31.4 Å². The van der Waals surface area contributed by atoms with Gasteiger partial charge in [0.2, 0.25) is 5.91 Å². The number of aromatic nitrogens is 2. The Balaban J connectivity index is 1.70. The summed E-state index contributed by atoms with van der Waals surface area (Å²) < 4.78 is 100. The third-order valence-corrected chi connectivity index (χ3v) is 5.68. The number of carbonyl (C=O) groups is 1. The number of aliphatic hydroxyl groups is 1. The maximum atomic E-state index is 14.3. The van der Waals surface area contributed by atoms with Crippen LogP contribution < -0.4 is 5.32 Å². The number of aliphatic hydroxyl groups excluding tert-OH is 1. The van der Waals surface area contributed by atoms with Gasteiger partial charge in [-0.3, -0.25) is 9.48 Å². The van der Waals surface area contributed by atoms with E-state index in [0.717, 1.165) is 23.0 Å². The van der Waals surface area contributed by atoms with Gasteiger partial charge < -0.3 is 15.2 Å². The van der Waals surface area contributed by atoms with Crippen LogP contribution in [0.25, 0.3) is 0 Å². The number of anilines is 1.